The van der Waals surface area contributed by atoms with E-state index in [1.165, 1.54) is 30.3 Å². The largest absolute Gasteiger partial charge is 0.378 e. The first-order valence-electron chi connectivity index (χ1n) is 8.43. The monoisotopic (exact) mass is 404 g/mol. The molecule has 9 nitrogen and oxygen atoms in total. The van der Waals surface area contributed by atoms with Crippen LogP contribution in [0, 0.1) is 10.1 Å². The molecule has 2 amide bonds. The lowest BCUT2D eigenvalue weighted by Crippen LogP contribution is -2.43. The number of carbonyl (C=O) groups excluding carboxylic acids is 2. The van der Waals surface area contributed by atoms with Crippen molar-refractivity contribution in [3.63, 3.8) is 0 Å². The standard InChI is InChI=1S/C18H17ClN4O5/c19-13-3-1-12(2-4-13)17(24)20-21-18(25)15-11-14(23(26)27)5-6-16(15)22-7-9-28-10-8-22/h1-6,11H,7-10H2,(H,20,24)(H,21,25). The zero-order valence-corrected chi connectivity index (χ0v) is 15.4. The van der Waals surface area contributed by atoms with Crippen molar-refractivity contribution in [1.29, 1.82) is 0 Å². The summed E-state index contributed by atoms with van der Waals surface area (Å²) in [5.41, 5.74) is 5.32. The number of benzene rings is 2. The van der Waals surface area contributed by atoms with Crippen molar-refractivity contribution in [3.05, 3.63) is 68.7 Å². The third kappa shape index (κ3) is 4.56. The maximum atomic E-state index is 12.6. The fourth-order valence-electron chi connectivity index (χ4n) is 2.75. The molecule has 1 heterocycles. The molecular weight excluding hydrogens is 388 g/mol. The fourth-order valence-corrected chi connectivity index (χ4v) is 2.88. The van der Waals surface area contributed by atoms with Gasteiger partial charge in [-0.3, -0.25) is 30.6 Å². The fraction of sp³-hybridized carbons (Fsp3) is 0.222. The summed E-state index contributed by atoms with van der Waals surface area (Å²) < 4.78 is 5.30. The van der Waals surface area contributed by atoms with Crippen molar-refractivity contribution in [1.82, 2.24) is 10.9 Å². The van der Waals surface area contributed by atoms with Gasteiger partial charge in [-0.15, -0.1) is 0 Å². The summed E-state index contributed by atoms with van der Waals surface area (Å²) in [6.07, 6.45) is 0. The predicted octanol–water partition coefficient (Wildman–Crippen LogP) is 2.16. The van der Waals surface area contributed by atoms with Gasteiger partial charge in [-0.05, 0) is 30.3 Å². The smallest absolute Gasteiger partial charge is 0.272 e. The molecular formula is C18H17ClN4O5. The van der Waals surface area contributed by atoms with Crippen LogP contribution in [0.2, 0.25) is 5.02 Å². The van der Waals surface area contributed by atoms with E-state index in [1.54, 1.807) is 12.1 Å². The van der Waals surface area contributed by atoms with Gasteiger partial charge in [0.1, 0.15) is 0 Å². The predicted molar refractivity (Wildman–Crippen MR) is 103 cm³/mol. The average molecular weight is 405 g/mol. The number of ether oxygens (including phenoxy) is 1. The van der Waals surface area contributed by atoms with Gasteiger partial charge in [0.2, 0.25) is 0 Å². The molecule has 10 heteroatoms. The van der Waals surface area contributed by atoms with Gasteiger partial charge in [0, 0.05) is 35.8 Å². The van der Waals surface area contributed by atoms with Gasteiger partial charge in [0.15, 0.2) is 0 Å². The Kier molecular flexibility index (Phi) is 6.07. The molecule has 146 valence electrons. The van der Waals surface area contributed by atoms with E-state index >= 15 is 0 Å². The van der Waals surface area contributed by atoms with Crippen molar-refractivity contribution in [2.75, 3.05) is 31.2 Å². The number of morpholine rings is 1. The second-order valence-corrected chi connectivity index (χ2v) is 6.41. The highest BCUT2D eigenvalue weighted by Gasteiger charge is 2.22. The molecule has 2 aromatic rings. The lowest BCUT2D eigenvalue weighted by atomic mass is 10.1. The first-order valence-corrected chi connectivity index (χ1v) is 8.81. The number of anilines is 1. The van der Waals surface area contributed by atoms with Crippen LogP contribution in [-0.2, 0) is 4.74 Å². The summed E-state index contributed by atoms with van der Waals surface area (Å²) in [7, 11) is 0. The van der Waals surface area contributed by atoms with E-state index in [4.69, 9.17) is 16.3 Å². The van der Waals surface area contributed by atoms with E-state index in [1.807, 2.05) is 4.90 Å². The number of non-ortho nitro benzene ring substituents is 1. The summed E-state index contributed by atoms with van der Waals surface area (Å²) >= 11 is 5.79. The van der Waals surface area contributed by atoms with Gasteiger partial charge < -0.3 is 9.64 Å². The molecule has 0 spiro atoms. The number of halogens is 1. The van der Waals surface area contributed by atoms with E-state index in [9.17, 15) is 19.7 Å². The number of rotatable bonds is 4. The Morgan fingerprint density at radius 1 is 1.04 bits per heavy atom. The number of nitro benzene ring substituents is 1. The SMILES string of the molecule is O=C(NNC(=O)c1cc([N+](=O)[O-])ccc1N1CCOCC1)c1ccc(Cl)cc1. The molecule has 1 aliphatic heterocycles. The van der Waals surface area contributed by atoms with Gasteiger partial charge in [-0.1, -0.05) is 11.6 Å². The Balaban J connectivity index is 1.78. The maximum absolute atomic E-state index is 12.6. The third-order valence-corrected chi connectivity index (χ3v) is 4.44. The number of nitro groups is 1. The van der Waals surface area contributed by atoms with Gasteiger partial charge in [-0.2, -0.15) is 0 Å². The molecule has 0 atom stereocenters. The molecule has 2 N–H and O–H groups in total. The first-order chi connectivity index (χ1) is 13.5. The molecule has 0 aliphatic carbocycles. The van der Waals surface area contributed by atoms with Crippen molar-refractivity contribution in [2.24, 2.45) is 0 Å². The molecule has 0 unspecified atom stereocenters. The highest BCUT2D eigenvalue weighted by molar-refractivity contribution is 6.30. The normalized spacial score (nSPS) is 13.7. The van der Waals surface area contributed by atoms with Gasteiger partial charge >= 0.3 is 0 Å². The van der Waals surface area contributed by atoms with E-state index in [-0.39, 0.29) is 11.3 Å². The van der Waals surface area contributed by atoms with Crippen molar-refractivity contribution < 1.29 is 19.2 Å². The van der Waals surface area contributed by atoms with E-state index in [0.29, 0.717) is 42.6 Å². The van der Waals surface area contributed by atoms with Crippen LogP contribution in [0.3, 0.4) is 0 Å². The van der Waals surface area contributed by atoms with Crippen LogP contribution < -0.4 is 15.8 Å². The number of hydrogen-bond donors (Lipinski definition) is 2. The summed E-state index contributed by atoms with van der Waals surface area (Å²) in [6.45, 7) is 2.08. The second kappa shape index (κ2) is 8.68. The van der Waals surface area contributed by atoms with Gasteiger partial charge in [0.25, 0.3) is 17.5 Å². The number of hydrogen-bond acceptors (Lipinski definition) is 6. The van der Waals surface area contributed by atoms with Crippen LogP contribution in [0.15, 0.2) is 42.5 Å². The lowest BCUT2D eigenvalue weighted by molar-refractivity contribution is -0.384. The third-order valence-electron chi connectivity index (χ3n) is 4.18. The van der Waals surface area contributed by atoms with Crippen LogP contribution in [0.4, 0.5) is 11.4 Å². The highest BCUT2D eigenvalue weighted by Crippen LogP contribution is 2.26. The van der Waals surface area contributed by atoms with E-state index < -0.39 is 16.7 Å². The molecule has 0 radical (unpaired) electrons. The summed E-state index contributed by atoms with van der Waals surface area (Å²) in [4.78, 5) is 37.2. The van der Waals surface area contributed by atoms with Crippen LogP contribution in [0.1, 0.15) is 20.7 Å². The van der Waals surface area contributed by atoms with Crippen molar-refractivity contribution >= 4 is 34.8 Å². The Morgan fingerprint density at radius 2 is 1.68 bits per heavy atom. The van der Waals surface area contributed by atoms with Crippen LogP contribution in [0.25, 0.3) is 0 Å². The van der Waals surface area contributed by atoms with Gasteiger partial charge in [-0.25, -0.2) is 0 Å². The summed E-state index contributed by atoms with van der Waals surface area (Å²) in [6, 6.07) is 10.2. The van der Waals surface area contributed by atoms with Crippen molar-refractivity contribution in [3.8, 4) is 0 Å². The Labute approximate surface area is 165 Å². The summed E-state index contributed by atoms with van der Waals surface area (Å²) in [5, 5.41) is 11.6. The quantitative estimate of drug-likeness (QED) is 0.596. The van der Waals surface area contributed by atoms with Crippen LogP contribution >= 0.6 is 11.6 Å². The Morgan fingerprint density at radius 3 is 2.32 bits per heavy atom. The average Bonchev–Trinajstić information content (AvgIpc) is 2.72. The number of carbonyl (C=O) groups is 2. The molecule has 0 aromatic heterocycles. The number of nitrogens with one attached hydrogen (secondary N) is 2. The minimum Gasteiger partial charge on any atom is -0.378 e. The molecule has 28 heavy (non-hydrogen) atoms. The Hall–Kier alpha value is -3.17. The summed E-state index contributed by atoms with van der Waals surface area (Å²) in [5.74, 6) is -1.20. The van der Waals surface area contributed by atoms with E-state index in [2.05, 4.69) is 10.9 Å². The number of hydrazine groups is 1. The zero-order chi connectivity index (χ0) is 20.1. The molecule has 0 bridgehead atoms. The lowest BCUT2D eigenvalue weighted by Gasteiger charge is -2.30. The van der Waals surface area contributed by atoms with Crippen LogP contribution in [0.5, 0.6) is 0 Å². The molecule has 1 saturated heterocycles. The molecule has 3 rings (SSSR count). The van der Waals surface area contributed by atoms with Gasteiger partial charge in [0.05, 0.1) is 29.4 Å². The highest BCUT2D eigenvalue weighted by atomic mass is 35.5. The number of nitrogens with zero attached hydrogens (tertiary/aromatic N) is 2. The molecule has 1 aliphatic rings. The molecule has 1 fully saturated rings. The van der Waals surface area contributed by atoms with E-state index in [0.717, 1.165) is 0 Å². The maximum Gasteiger partial charge on any atom is 0.272 e. The minimum absolute atomic E-state index is 0.0903. The topological polar surface area (TPSA) is 114 Å². The van der Waals surface area contributed by atoms with Crippen LogP contribution in [-0.4, -0.2) is 43.0 Å². The molecule has 0 saturated carbocycles. The van der Waals surface area contributed by atoms with Crippen molar-refractivity contribution in [2.45, 2.75) is 0 Å². The molecule has 2 aromatic carbocycles. The minimum atomic E-state index is -0.660. The second-order valence-electron chi connectivity index (χ2n) is 5.97. The first kappa shape index (κ1) is 19.6. The zero-order valence-electron chi connectivity index (χ0n) is 14.7. The number of amides is 2. The Bertz CT molecular complexity index is 897.